The molecule has 3 N–H and O–H groups in total. The summed E-state index contributed by atoms with van der Waals surface area (Å²) in [5.41, 5.74) is -0.502. The lowest BCUT2D eigenvalue weighted by Crippen LogP contribution is -2.30. The topological polar surface area (TPSA) is 100 Å². The molecule has 210 valence electrons. The monoisotopic (exact) mass is 579 g/mol. The highest BCUT2D eigenvalue weighted by atomic mass is 32.2. The van der Waals surface area contributed by atoms with Crippen LogP contribution in [0.2, 0.25) is 0 Å². The van der Waals surface area contributed by atoms with Gasteiger partial charge in [-0.1, -0.05) is 30.3 Å². The average molecular weight is 580 g/mol. The van der Waals surface area contributed by atoms with Gasteiger partial charge in [0.25, 0.3) is 11.8 Å². The van der Waals surface area contributed by atoms with E-state index in [4.69, 9.17) is 4.42 Å². The standard InChI is InChI=1S/C30H24F3N3O4S/c1-19(27(37)35-25-12-6-5-11-24(25)30(31,32)33)41-23-15-13-21(14-16-23)34-29(39)26(18-22-10-7-17-40-22)36-28(38)20-8-3-2-4-9-20/h2-19H,1H3,(H,34,39)(H,35,37)(H,36,38)/b26-18-. The molecule has 0 spiro atoms. The molecule has 1 heterocycles. The lowest BCUT2D eigenvalue weighted by molar-refractivity contribution is -0.137. The third-order valence-corrected chi connectivity index (χ3v) is 6.76. The summed E-state index contributed by atoms with van der Waals surface area (Å²) in [7, 11) is 0. The van der Waals surface area contributed by atoms with Crippen LogP contribution in [0.4, 0.5) is 24.5 Å². The molecule has 0 radical (unpaired) electrons. The van der Waals surface area contributed by atoms with Crippen LogP contribution in [0.25, 0.3) is 6.08 Å². The number of rotatable bonds is 9. The summed E-state index contributed by atoms with van der Waals surface area (Å²) in [5.74, 6) is -1.30. The Morgan fingerprint density at radius 1 is 0.854 bits per heavy atom. The lowest BCUT2D eigenvalue weighted by Gasteiger charge is -2.16. The van der Waals surface area contributed by atoms with Gasteiger partial charge >= 0.3 is 6.18 Å². The highest BCUT2D eigenvalue weighted by Crippen LogP contribution is 2.35. The molecule has 7 nitrogen and oxygen atoms in total. The number of benzene rings is 3. The summed E-state index contributed by atoms with van der Waals surface area (Å²) in [5, 5.41) is 6.95. The number of hydrogen-bond donors (Lipinski definition) is 3. The molecule has 4 aromatic rings. The molecule has 0 aliphatic rings. The molecule has 0 saturated heterocycles. The number of hydrogen-bond acceptors (Lipinski definition) is 5. The van der Waals surface area contributed by atoms with Crippen molar-refractivity contribution in [2.75, 3.05) is 10.6 Å². The number of halogens is 3. The second-order valence-electron chi connectivity index (χ2n) is 8.66. The van der Waals surface area contributed by atoms with Gasteiger partial charge in [0.05, 0.1) is 22.8 Å². The van der Waals surface area contributed by atoms with E-state index < -0.39 is 34.7 Å². The molecule has 1 unspecified atom stereocenters. The number of carbonyl (C=O) groups excluding carboxylic acids is 3. The first-order valence-electron chi connectivity index (χ1n) is 12.3. The molecule has 0 saturated carbocycles. The molecular formula is C30H24F3N3O4S. The second-order valence-corrected chi connectivity index (χ2v) is 10.1. The first-order chi connectivity index (χ1) is 19.6. The van der Waals surface area contributed by atoms with Crippen molar-refractivity contribution in [2.24, 2.45) is 0 Å². The van der Waals surface area contributed by atoms with Gasteiger partial charge < -0.3 is 20.4 Å². The van der Waals surface area contributed by atoms with Crippen molar-refractivity contribution in [3.8, 4) is 0 Å². The number of amides is 3. The smallest absolute Gasteiger partial charge is 0.418 e. The molecule has 4 rings (SSSR count). The highest BCUT2D eigenvalue weighted by molar-refractivity contribution is 8.00. The number of anilines is 2. The zero-order chi connectivity index (χ0) is 29.4. The molecule has 3 aromatic carbocycles. The molecule has 1 aromatic heterocycles. The van der Waals surface area contributed by atoms with Crippen molar-refractivity contribution in [3.05, 3.63) is 120 Å². The molecule has 0 aliphatic carbocycles. The Kier molecular flexibility index (Phi) is 9.30. The summed E-state index contributed by atoms with van der Waals surface area (Å²) < 4.78 is 45.0. The van der Waals surface area contributed by atoms with E-state index in [2.05, 4.69) is 16.0 Å². The maximum atomic E-state index is 13.2. The summed E-state index contributed by atoms with van der Waals surface area (Å²) >= 11 is 1.14. The van der Waals surface area contributed by atoms with Crippen LogP contribution in [0, 0.1) is 0 Å². The van der Waals surface area contributed by atoms with E-state index in [1.165, 1.54) is 30.5 Å². The fourth-order valence-corrected chi connectivity index (χ4v) is 4.47. The van der Waals surface area contributed by atoms with E-state index in [0.29, 0.717) is 21.9 Å². The van der Waals surface area contributed by atoms with Crippen LogP contribution in [0.1, 0.15) is 28.6 Å². The zero-order valence-electron chi connectivity index (χ0n) is 21.6. The maximum absolute atomic E-state index is 13.2. The molecule has 0 aliphatic heterocycles. The Morgan fingerprint density at radius 2 is 1.54 bits per heavy atom. The second kappa shape index (κ2) is 13.1. The van der Waals surface area contributed by atoms with Gasteiger partial charge in [-0.25, -0.2) is 0 Å². The summed E-state index contributed by atoms with van der Waals surface area (Å²) in [4.78, 5) is 39.0. The van der Waals surface area contributed by atoms with Crippen molar-refractivity contribution in [3.63, 3.8) is 0 Å². The van der Waals surface area contributed by atoms with Gasteiger partial charge in [0.1, 0.15) is 11.5 Å². The van der Waals surface area contributed by atoms with E-state index in [1.54, 1.807) is 73.7 Å². The van der Waals surface area contributed by atoms with E-state index in [-0.39, 0.29) is 11.4 Å². The van der Waals surface area contributed by atoms with Gasteiger partial charge in [0.15, 0.2) is 0 Å². The third kappa shape index (κ3) is 8.12. The predicted molar refractivity (Wildman–Crippen MR) is 151 cm³/mol. The largest absolute Gasteiger partial charge is 0.465 e. The van der Waals surface area contributed by atoms with Gasteiger partial charge in [-0.05, 0) is 67.6 Å². The van der Waals surface area contributed by atoms with Crippen LogP contribution < -0.4 is 16.0 Å². The van der Waals surface area contributed by atoms with Crippen molar-refractivity contribution >= 4 is 46.9 Å². The van der Waals surface area contributed by atoms with Gasteiger partial charge in [-0.2, -0.15) is 13.2 Å². The maximum Gasteiger partial charge on any atom is 0.418 e. The molecular weight excluding hydrogens is 555 g/mol. The van der Waals surface area contributed by atoms with Crippen molar-refractivity contribution in [1.29, 1.82) is 0 Å². The molecule has 3 amide bonds. The highest BCUT2D eigenvalue weighted by Gasteiger charge is 2.34. The predicted octanol–water partition coefficient (Wildman–Crippen LogP) is 6.83. The van der Waals surface area contributed by atoms with Crippen LogP contribution in [0.5, 0.6) is 0 Å². The molecule has 1 atom stereocenters. The van der Waals surface area contributed by atoms with Gasteiger partial charge in [-0.3, -0.25) is 14.4 Å². The van der Waals surface area contributed by atoms with E-state index >= 15 is 0 Å². The minimum Gasteiger partial charge on any atom is -0.465 e. The molecule has 0 fully saturated rings. The van der Waals surface area contributed by atoms with Crippen LogP contribution >= 0.6 is 11.8 Å². The van der Waals surface area contributed by atoms with E-state index in [9.17, 15) is 27.6 Å². The Hall–Kier alpha value is -4.77. The number of carbonyl (C=O) groups is 3. The Bertz CT molecular complexity index is 1540. The van der Waals surface area contributed by atoms with Gasteiger partial charge in [-0.15, -0.1) is 11.8 Å². The van der Waals surface area contributed by atoms with Crippen LogP contribution in [-0.2, 0) is 15.8 Å². The van der Waals surface area contributed by atoms with Crippen molar-refractivity contribution in [1.82, 2.24) is 5.32 Å². The minimum absolute atomic E-state index is 0.0447. The number of furan rings is 1. The van der Waals surface area contributed by atoms with Crippen LogP contribution in [-0.4, -0.2) is 23.0 Å². The minimum atomic E-state index is -4.60. The Morgan fingerprint density at radius 3 is 2.20 bits per heavy atom. The number of alkyl halides is 3. The van der Waals surface area contributed by atoms with Crippen molar-refractivity contribution in [2.45, 2.75) is 23.2 Å². The quantitative estimate of drug-likeness (QED) is 0.149. The normalized spacial score (nSPS) is 12.3. The first kappa shape index (κ1) is 29.2. The Labute approximate surface area is 237 Å². The van der Waals surface area contributed by atoms with Gasteiger partial charge in [0.2, 0.25) is 5.91 Å². The van der Waals surface area contributed by atoms with Gasteiger partial charge in [0, 0.05) is 22.2 Å². The molecule has 41 heavy (non-hydrogen) atoms. The van der Waals surface area contributed by atoms with Crippen molar-refractivity contribution < 1.29 is 32.0 Å². The zero-order valence-corrected chi connectivity index (χ0v) is 22.4. The SMILES string of the molecule is CC(Sc1ccc(NC(=O)/C(=C/c2ccco2)NC(=O)c2ccccc2)cc1)C(=O)Nc1ccccc1C(F)(F)F. The fraction of sp³-hybridized carbons (Fsp3) is 0.100. The number of para-hydroxylation sites is 1. The lowest BCUT2D eigenvalue weighted by atomic mass is 10.1. The number of thioether (sulfide) groups is 1. The fourth-order valence-electron chi connectivity index (χ4n) is 3.60. The van der Waals surface area contributed by atoms with Crippen LogP contribution in [0.15, 0.2) is 112 Å². The molecule has 11 heteroatoms. The summed E-state index contributed by atoms with van der Waals surface area (Å²) in [6, 6.07) is 23.0. The first-order valence-corrected chi connectivity index (χ1v) is 13.1. The summed E-state index contributed by atoms with van der Waals surface area (Å²) in [6.45, 7) is 1.58. The number of nitrogens with one attached hydrogen (secondary N) is 3. The summed E-state index contributed by atoms with van der Waals surface area (Å²) in [6.07, 6.45) is -1.76. The Balaban J connectivity index is 1.40. The van der Waals surface area contributed by atoms with Crippen LogP contribution in [0.3, 0.4) is 0 Å². The van der Waals surface area contributed by atoms with E-state index in [0.717, 1.165) is 17.8 Å². The molecule has 0 bridgehead atoms. The third-order valence-electron chi connectivity index (χ3n) is 5.64. The average Bonchev–Trinajstić information content (AvgIpc) is 3.47. The van der Waals surface area contributed by atoms with E-state index in [1.807, 2.05) is 0 Å².